The third-order valence-corrected chi connectivity index (χ3v) is 4.13. The summed E-state index contributed by atoms with van der Waals surface area (Å²) in [7, 11) is 1.63. The van der Waals surface area contributed by atoms with E-state index < -0.39 is 0 Å². The number of amides is 1. The molecule has 0 fully saturated rings. The summed E-state index contributed by atoms with van der Waals surface area (Å²) in [6.07, 6.45) is 0.735. The topological polar surface area (TPSA) is 129 Å². The number of nitrogens with zero attached hydrogens (tertiary/aromatic N) is 3. The largest absolute Gasteiger partial charge is 0.497 e. The van der Waals surface area contributed by atoms with Crippen LogP contribution in [0.5, 0.6) is 5.75 Å². The lowest BCUT2D eigenvalue weighted by Gasteiger charge is -2.11. The normalized spacial score (nSPS) is 11.8. The van der Waals surface area contributed by atoms with Crippen molar-refractivity contribution in [1.29, 1.82) is 0 Å². The number of anilines is 2. The minimum atomic E-state index is -0.373. The second-order valence-electron chi connectivity index (χ2n) is 4.98. The van der Waals surface area contributed by atoms with E-state index in [2.05, 4.69) is 20.3 Å². The van der Waals surface area contributed by atoms with Crippen molar-refractivity contribution >= 4 is 29.6 Å². The molecular weight excluding hydrogens is 328 g/mol. The molecule has 0 spiro atoms. The van der Waals surface area contributed by atoms with Crippen LogP contribution in [-0.4, -0.2) is 39.8 Å². The van der Waals surface area contributed by atoms with E-state index in [1.54, 1.807) is 14.0 Å². The van der Waals surface area contributed by atoms with E-state index in [-0.39, 0.29) is 23.1 Å². The Labute approximate surface area is 144 Å². The quantitative estimate of drug-likeness (QED) is 0.629. The van der Waals surface area contributed by atoms with Crippen LogP contribution in [0.4, 0.5) is 11.9 Å². The first-order valence-electron chi connectivity index (χ1n) is 7.32. The van der Waals surface area contributed by atoms with Gasteiger partial charge >= 0.3 is 0 Å². The zero-order chi connectivity index (χ0) is 17.5. The average Bonchev–Trinajstić information content (AvgIpc) is 2.54. The van der Waals surface area contributed by atoms with Gasteiger partial charge in [-0.05, 0) is 31.0 Å². The zero-order valence-corrected chi connectivity index (χ0v) is 14.3. The summed E-state index contributed by atoms with van der Waals surface area (Å²) in [5.41, 5.74) is 12.1. The summed E-state index contributed by atoms with van der Waals surface area (Å²) in [5.74, 6) is 0.781. The molecule has 2 rings (SSSR count). The summed E-state index contributed by atoms with van der Waals surface area (Å²) in [5, 5.41) is 2.84. The smallest absolute Gasteiger partial charge is 0.233 e. The zero-order valence-electron chi connectivity index (χ0n) is 13.5. The number of nitrogens with two attached hydrogens (primary N) is 2. The van der Waals surface area contributed by atoms with Crippen molar-refractivity contribution in [3.63, 3.8) is 0 Å². The molecule has 0 aliphatic carbocycles. The lowest BCUT2D eigenvalue weighted by molar-refractivity contribution is -0.120. The molecule has 0 aliphatic heterocycles. The highest BCUT2D eigenvalue weighted by Gasteiger charge is 2.16. The standard InChI is InChI=1S/C15H20N6O2S/c1-9(24-15-20-13(16)19-14(17)21-15)12(22)18-8-7-10-3-5-11(23-2)6-4-10/h3-6,9H,7-8H2,1-2H3,(H,18,22)(H4,16,17,19,20,21)/t9-/m0/s1. The van der Waals surface area contributed by atoms with E-state index >= 15 is 0 Å². The minimum absolute atomic E-state index is 0.0390. The molecule has 0 saturated carbocycles. The highest BCUT2D eigenvalue weighted by atomic mass is 32.2. The van der Waals surface area contributed by atoms with Gasteiger partial charge in [-0.3, -0.25) is 4.79 Å². The van der Waals surface area contributed by atoms with Crippen molar-refractivity contribution in [1.82, 2.24) is 20.3 Å². The van der Waals surface area contributed by atoms with Crippen LogP contribution in [0.1, 0.15) is 12.5 Å². The molecule has 0 radical (unpaired) electrons. The Kier molecular flexibility index (Phi) is 6.19. The number of hydrogen-bond donors (Lipinski definition) is 3. The summed E-state index contributed by atoms with van der Waals surface area (Å²) >= 11 is 1.18. The Bertz CT molecular complexity index is 675. The molecule has 1 amide bonds. The predicted octanol–water partition coefficient (Wildman–Crippen LogP) is 0.884. The van der Waals surface area contributed by atoms with Crippen molar-refractivity contribution in [3.8, 4) is 5.75 Å². The van der Waals surface area contributed by atoms with Crippen LogP contribution >= 0.6 is 11.8 Å². The SMILES string of the molecule is COc1ccc(CCNC(=O)[C@H](C)Sc2nc(N)nc(N)n2)cc1. The van der Waals surface area contributed by atoms with Gasteiger partial charge < -0.3 is 21.5 Å². The predicted molar refractivity (Wildman–Crippen MR) is 93.7 cm³/mol. The van der Waals surface area contributed by atoms with Crippen molar-refractivity contribution in [3.05, 3.63) is 29.8 Å². The molecule has 24 heavy (non-hydrogen) atoms. The maximum atomic E-state index is 12.1. The lowest BCUT2D eigenvalue weighted by Crippen LogP contribution is -2.32. The fourth-order valence-corrected chi connectivity index (χ4v) is 2.72. The number of ether oxygens (including phenoxy) is 1. The van der Waals surface area contributed by atoms with Crippen LogP contribution < -0.4 is 21.5 Å². The molecule has 5 N–H and O–H groups in total. The maximum Gasteiger partial charge on any atom is 0.233 e. The molecule has 0 aliphatic rings. The summed E-state index contributed by atoms with van der Waals surface area (Å²) < 4.78 is 5.11. The summed E-state index contributed by atoms with van der Waals surface area (Å²) in [4.78, 5) is 23.7. The number of aromatic nitrogens is 3. The van der Waals surface area contributed by atoms with Crippen molar-refractivity contribution in [2.45, 2.75) is 23.8 Å². The number of methoxy groups -OCH3 is 1. The van der Waals surface area contributed by atoms with Gasteiger partial charge in [-0.15, -0.1) is 0 Å². The number of nitrogen functional groups attached to an aromatic ring is 2. The van der Waals surface area contributed by atoms with Crippen LogP contribution in [-0.2, 0) is 11.2 Å². The number of rotatable bonds is 7. The maximum absolute atomic E-state index is 12.1. The number of thioether (sulfide) groups is 1. The molecule has 1 atom stereocenters. The van der Waals surface area contributed by atoms with E-state index in [4.69, 9.17) is 16.2 Å². The summed E-state index contributed by atoms with van der Waals surface area (Å²) in [6.45, 7) is 2.31. The molecule has 2 aromatic rings. The number of benzene rings is 1. The van der Waals surface area contributed by atoms with Gasteiger partial charge in [0.2, 0.25) is 17.8 Å². The molecule has 1 aromatic carbocycles. The molecule has 8 nitrogen and oxygen atoms in total. The van der Waals surface area contributed by atoms with E-state index in [1.807, 2.05) is 24.3 Å². The average molecular weight is 348 g/mol. The molecule has 0 unspecified atom stereocenters. The molecule has 1 aromatic heterocycles. The second kappa shape index (κ2) is 8.34. The van der Waals surface area contributed by atoms with Gasteiger partial charge in [0.15, 0.2) is 5.16 Å². The van der Waals surface area contributed by atoms with E-state index in [9.17, 15) is 4.79 Å². The van der Waals surface area contributed by atoms with Crippen molar-refractivity contribution in [2.24, 2.45) is 0 Å². The molecule has 0 saturated heterocycles. The first-order chi connectivity index (χ1) is 11.5. The molecule has 128 valence electrons. The first-order valence-corrected chi connectivity index (χ1v) is 8.20. The van der Waals surface area contributed by atoms with E-state index in [0.29, 0.717) is 11.7 Å². The van der Waals surface area contributed by atoms with Gasteiger partial charge in [0, 0.05) is 6.54 Å². The Morgan fingerprint density at radius 3 is 2.42 bits per heavy atom. The Hall–Kier alpha value is -2.55. The van der Waals surface area contributed by atoms with Crippen LogP contribution in [0, 0.1) is 0 Å². The van der Waals surface area contributed by atoms with Crippen LogP contribution in [0.25, 0.3) is 0 Å². The first kappa shape index (κ1) is 17.8. The van der Waals surface area contributed by atoms with E-state index in [0.717, 1.165) is 17.7 Å². The van der Waals surface area contributed by atoms with Gasteiger partial charge in [-0.2, -0.15) is 15.0 Å². The highest BCUT2D eigenvalue weighted by molar-refractivity contribution is 8.00. The fraction of sp³-hybridized carbons (Fsp3) is 0.333. The van der Waals surface area contributed by atoms with Gasteiger partial charge in [0.05, 0.1) is 12.4 Å². The number of carbonyl (C=O) groups excluding carboxylic acids is 1. The summed E-state index contributed by atoms with van der Waals surface area (Å²) in [6, 6.07) is 7.73. The van der Waals surface area contributed by atoms with E-state index in [1.165, 1.54) is 11.8 Å². The third-order valence-electron chi connectivity index (χ3n) is 3.17. The van der Waals surface area contributed by atoms with Crippen LogP contribution in [0.2, 0.25) is 0 Å². The lowest BCUT2D eigenvalue weighted by atomic mass is 10.1. The Morgan fingerprint density at radius 1 is 1.21 bits per heavy atom. The van der Waals surface area contributed by atoms with Gasteiger partial charge in [-0.1, -0.05) is 23.9 Å². The van der Waals surface area contributed by atoms with Gasteiger partial charge in [-0.25, -0.2) is 0 Å². The molecule has 9 heteroatoms. The molecule has 0 bridgehead atoms. The minimum Gasteiger partial charge on any atom is -0.497 e. The highest BCUT2D eigenvalue weighted by Crippen LogP contribution is 2.20. The number of nitrogens with one attached hydrogen (secondary N) is 1. The van der Waals surface area contributed by atoms with Crippen molar-refractivity contribution < 1.29 is 9.53 Å². The van der Waals surface area contributed by atoms with Crippen LogP contribution in [0.3, 0.4) is 0 Å². The number of carbonyl (C=O) groups is 1. The van der Waals surface area contributed by atoms with Gasteiger partial charge in [0.25, 0.3) is 0 Å². The monoisotopic (exact) mass is 348 g/mol. The Balaban J connectivity index is 1.80. The molecular formula is C15H20N6O2S. The van der Waals surface area contributed by atoms with Gasteiger partial charge in [0.1, 0.15) is 5.75 Å². The second-order valence-corrected chi connectivity index (χ2v) is 6.29. The van der Waals surface area contributed by atoms with Crippen molar-refractivity contribution in [2.75, 3.05) is 25.1 Å². The fourth-order valence-electron chi connectivity index (χ4n) is 1.92. The number of hydrogen-bond acceptors (Lipinski definition) is 8. The molecule has 1 heterocycles. The Morgan fingerprint density at radius 2 is 1.83 bits per heavy atom. The third kappa shape index (κ3) is 5.27. The van der Waals surface area contributed by atoms with Crippen LogP contribution in [0.15, 0.2) is 29.4 Å².